The molecule has 3 aromatic carbocycles. The molecule has 0 spiro atoms. The Labute approximate surface area is 184 Å². The van der Waals surface area contributed by atoms with Gasteiger partial charge in [-0.05, 0) is 30.3 Å². The van der Waals surface area contributed by atoms with E-state index in [0.29, 0.717) is 5.69 Å². The smallest absolute Gasteiger partial charge is 0.323 e. The lowest BCUT2D eigenvalue weighted by molar-refractivity contribution is 0.262. The summed E-state index contributed by atoms with van der Waals surface area (Å²) in [6.45, 7) is 0. The van der Waals surface area contributed by atoms with Crippen LogP contribution in [0.4, 0.5) is 43.8 Å². The first-order valence-corrected chi connectivity index (χ1v) is 10.4. The number of sulfonamides is 1. The van der Waals surface area contributed by atoms with Crippen LogP contribution in [0.25, 0.3) is 0 Å². The Morgan fingerprint density at radius 3 is 1.94 bits per heavy atom. The highest BCUT2D eigenvalue weighted by Crippen LogP contribution is 2.31. The predicted octanol–water partition coefficient (Wildman–Crippen LogP) is 4.84. The zero-order chi connectivity index (χ0) is 24.3. The summed E-state index contributed by atoms with van der Waals surface area (Å²) in [5.41, 5.74) is 0.00966. The third kappa shape index (κ3) is 4.98. The lowest BCUT2D eigenvalue weighted by Crippen LogP contribution is -2.21. The molecule has 0 aromatic heterocycles. The van der Waals surface area contributed by atoms with Crippen LogP contribution in [0.3, 0.4) is 0 Å². The van der Waals surface area contributed by atoms with E-state index in [2.05, 4.69) is 10.6 Å². The molecule has 7 nitrogen and oxygen atoms in total. The molecule has 3 aromatic rings. The highest BCUT2D eigenvalue weighted by atomic mass is 32.2. The Balaban J connectivity index is 1.91. The summed E-state index contributed by atoms with van der Waals surface area (Å²) >= 11 is 0. The van der Waals surface area contributed by atoms with E-state index < -0.39 is 50.0 Å². The number of para-hydroxylation sites is 1. The van der Waals surface area contributed by atoms with Crippen molar-refractivity contribution in [3.05, 3.63) is 77.6 Å². The molecule has 0 atom stereocenters. The number of hydrogen-bond donors (Lipinski definition) is 3. The zero-order valence-corrected chi connectivity index (χ0v) is 17.4. The van der Waals surface area contributed by atoms with E-state index in [1.807, 2.05) is 0 Å². The minimum Gasteiger partial charge on any atom is -0.495 e. The van der Waals surface area contributed by atoms with Gasteiger partial charge in [-0.2, -0.15) is 0 Å². The number of carbonyl (C=O) groups excluding carboxylic acids is 1. The maximum atomic E-state index is 14.0. The first-order chi connectivity index (χ1) is 15.5. The Bertz CT molecular complexity index is 1290. The average molecular weight is 487 g/mol. The van der Waals surface area contributed by atoms with E-state index in [4.69, 9.17) is 4.74 Å². The Hall–Kier alpha value is -3.87. The number of hydrogen-bond acceptors (Lipinski definition) is 4. The normalized spacial score (nSPS) is 11.1. The van der Waals surface area contributed by atoms with E-state index in [9.17, 15) is 35.2 Å². The standard InChI is InChI=1S/C20H14F5N3O4S/c1-32-13-8-7-11(9-12(13)27-20(29)26-10-5-3-2-4-6-10)28-33(30,31)19-17(24)15(22)14(21)16(23)18(19)25/h2-9,28H,1H3,(H2,26,27,29). The summed E-state index contributed by atoms with van der Waals surface area (Å²) in [4.78, 5) is 10.2. The maximum Gasteiger partial charge on any atom is 0.323 e. The van der Waals surface area contributed by atoms with Crippen LogP contribution in [-0.2, 0) is 10.0 Å². The average Bonchev–Trinajstić information content (AvgIpc) is 2.77. The Morgan fingerprint density at radius 1 is 0.788 bits per heavy atom. The largest absolute Gasteiger partial charge is 0.495 e. The molecule has 0 fully saturated rings. The third-order valence-electron chi connectivity index (χ3n) is 4.17. The van der Waals surface area contributed by atoms with Gasteiger partial charge in [-0.1, -0.05) is 18.2 Å². The van der Waals surface area contributed by atoms with Gasteiger partial charge in [0.1, 0.15) is 5.75 Å². The van der Waals surface area contributed by atoms with E-state index >= 15 is 0 Å². The van der Waals surface area contributed by atoms with E-state index in [-0.39, 0.29) is 17.1 Å². The number of methoxy groups -OCH3 is 1. The van der Waals surface area contributed by atoms with Gasteiger partial charge in [0.2, 0.25) is 5.82 Å². The number of halogens is 5. The number of benzene rings is 3. The fourth-order valence-corrected chi connectivity index (χ4v) is 3.89. The summed E-state index contributed by atoms with van der Waals surface area (Å²) in [6.07, 6.45) is 0. The molecule has 174 valence electrons. The van der Waals surface area contributed by atoms with E-state index in [1.165, 1.54) is 13.2 Å². The molecular weight excluding hydrogens is 473 g/mol. The highest BCUT2D eigenvalue weighted by molar-refractivity contribution is 7.92. The molecule has 0 unspecified atom stereocenters. The summed E-state index contributed by atoms with van der Waals surface area (Å²) in [5.74, 6) is -12.3. The van der Waals surface area contributed by atoms with Crippen molar-refractivity contribution in [1.29, 1.82) is 0 Å². The van der Waals surface area contributed by atoms with Gasteiger partial charge in [-0.3, -0.25) is 4.72 Å². The number of nitrogens with one attached hydrogen (secondary N) is 3. The van der Waals surface area contributed by atoms with Gasteiger partial charge in [0.05, 0.1) is 18.5 Å². The number of anilines is 3. The van der Waals surface area contributed by atoms with Crippen LogP contribution >= 0.6 is 0 Å². The first kappa shape index (κ1) is 23.8. The number of rotatable bonds is 6. The lowest BCUT2D eigenvalue weighted by Gasteiger charge is -2.15. The van der Waals surface area contributed by atoms with Crippen LogP contribution in [0.2, 0.25) is 0 Å². The molecule has 3 N–H and O–H groups in total. The third-order valence-corrected chi connectivity index (χ3v) is 5.57. The van der Waals surface area contributed by atoms with Crippen molar-refractivity contribution in [3.63, 3.8) is 0 Å². The molecular formula is C20H14F5N3O4S. The van der Waals surface area contributed by atoms with Crippen molar-refractivity contribution >= 4 is 33.1 Å². The van der Waals surface area contributed by atoms with E-state index in [0.717, 1.165) is 12.1 Å². The van der Waals surface area contributed by atoms with Gasteiger partial charge in [-0.15, -0.1) is 0 Å². The number of ether oxygens (including phenoxy) is 1. The van der Waals surface area contributed by atoms with Crippen LogP contribution in [0.5, 0.6) is 5.75 Å². The van der Waals surface area contributed by atoms with Crippen molar-refractivity contribution in [2.75, 3.05) is 22.5 Å². The highest BCUT2D eigenvalue weighted by Gasteiger charge is 2.33. The molecule has 0 saturated carbocycles. The number of urea groups is 1. The molecule has 0 heterocycles. The topological polar surface area (TPSA) is 96.5 Å². The van der Waals surface area contributed by atoms with Crippen molar-refractivity contribution in [1.82, 2.24) is 0 Å². The fourth-order valence-electron chi connectivity index (χ4n) is 2.70. The van der Waals surface area contributed by atoms with Crippen molar-refractivity contribution in [2.45, 2.75) is 4.90 Å². The van der Waals surface area contributed by atoms with Crippen LogP contribution in [0, 0.1) is 29.1 Å². The van der Waals surface area contributed by atoms with Gasteiger partial charge >= 0.3 is 6.03 Å². The van der Waals surface area contributed by atoms with Gasteiger partial charge in [0.25, 0.3) is 10.0 Å². The molecule has 0 aliphatic carbocycles. The van der Waals surface area contributed by atoms with Crippen LogP contribution < -0.4 is 20.1 Å². The summed E-state index contributed by atoms with van der Waals surface area (Å²) in [5, 5.41) is 4.90. The monoisotopic (exact) mass is 487 g/mol. The molecule has 0 radical (unpaired) electrons. The van der Waals surface area contributed by atoms with E-state index in [1.54, 1.807) is 35.1 Å². The van der Waals surface area contributed by atoms with Crippen LogP contribution in [0.1, 0.15) is 0 Å². The molecule has 3 rings (SSSR count). The quantitative estimate of drug-likeness (QED) is 0.264. The number of carbonyl (C=O) groups is 1. The zero-order valence-electron chi connectivity index (χ0n) is 16.5. The van der Waals surface area contributed by atoms with Gasteiger partial charge in [-0.25, -0.2) is 35.2 Å². The van der Waals surface area contributed by atoms with Gasteiger partial charge < -0.3 is 15.4 Å². The summed E-state index contributed by atoms with van der Waals surface area (Å²) in [7, 11) is -4.01. The second-order valence-corrected chi connectivity index (χ2v) is 7.98. The van der Waals surface area contributed by atoms with Crippen molar-refractivity contribution < 1.29 is 39.9 Å². The number of amides is 2. The molecule has 33 heavy (non-hydrogen) atoms. The predicted molar refractivity (Wildman–Crippen MR) is 109 cm³/mol. The first-order valence-electron chi connectivity index (χ1n) is 8.90. The second-order valence-electron chi connectivity index (χ2n) is 6.36. The lowest BCUT2D eigenvalue weighted by atomic mass is 10.2. The minimum atomic E-state index is -5.27. The van der Waals surface area contributed by atoms with Gasteiger partial charge in [0, 0.05) is 5.69 Å². The molecule has 0 aliphatic heterocycles. The Kier molecular flexibility index (Phi) is 6.72. The van der Waals surface area contributed by atoms with Crippen molar-refractivity contribution in [2.24, 2.45) is 0 Å². The minimum absolute atomic E-state index is 0.0662. The fraction of sp³-hybridized carbons (Fsp3) is 0.0500. The molecule has 13 heteroatoms. The van der Waals surface area contributed by atoms with Crippen LogP contribution in [-0.4, -0.2) is 21.6 Å². The molecule has 0 aliphatic rings. The van der Waals surface area contributed by atoms with Gasteiger partial charge in [0.15, 0.2) is 28.2 Å². The molecule has 0 bridgehead atoms. The van der Waals surface area contributed by atoms with Crippen LogP contribution in [0.15, 0.2) is 53.4 Å². The summed E-state index contributed by atoms with van der Waals surface area (Å²) < 4.78 is 99.6. The summed E-state index contributed by atoms with van der Waals surface area (Å²) in [6, 6.07) is 10.8. The second kappa shape index (κ2) is 9.32. The maximum absolute atomic E-state index is 14.0. The molecule has 2 amide bonds. The van der Waals surface area contributed by atoms with Crippen molar-refractivity contribution in [3.8, 4) is 5.75 Å². The SMILES string of the molecule is COc1ccc(NS(=O)(=O)c2c(F)c(F)c(F)c(F)c2F)cc1NC(=O)Nc1ccccc1. The Morgan fingerprint density at radius 2 is 1.36 bits per heavy atom. The molecule has 0 saturated heterocycles.